The van der Waals surface area contributed by atoms with E-state index < -0.39 is 10.0 Å². The molecule has 0 atom stereocenters. The summed E-state index contributed by atoms with van der Waals surface area (Å²) in [5.41, 5.74) is 3.58. The Kier molecular flexibility index (Phi) is 6.66. The predicted octanol–water partition coefficient (Wildman–Crippen LogP) is 2.53. The molecule has 1 aromatic heterocycles. The topological polar surface area (TPSA) is 93.1 Å². The number of carbonyl (C=O) groups is 1. The molecule has 0 radical (unpaired) electrons. The fourth-order valence-corrected chi connectivity index (χ4v) is 4.49. The first-order chi connectivity index (χ1) is 13.9. The molecule has 3 aromatic rings. The number of imidazole rings is 1. The van der Waals surface area contributed by atoms with Gasteiger partial charge in [0.25, 0.3) is 0 Å². The fraction of sp³-hybridized carbons (Fsp3) is 0.333. The van der Waals surface area contributed by atoms with Crippen LogP contribution in [0.3, 0.4) is 0 Å². The van der Waals surface area contributed by atoms with Gasteiger partial charge in [-0.3, -0.25) is 4.79 Å². The molecule has 8 heteroatoms. The number of hydrogen-bond acceptors (Lipinski definition) is 4. The van der Waals surface area contributed by atoms with Crippen molar-refractivity contribution in [3.05, 3.63) is 59.9 Å². The predicted molar refractivity (Wildman–Crippen MR) is 113 cm³/mol. The first-order valence-corrected chi connectivity index (χ1v) is 11.1. The van der Waals surface area contributed by atoms with Crippen LogP contribution in [0.1, 0.15) is 24.0 Å². The molecule has 3 rings (SSSR count). The van der Waals surface area contributed by atoms with Gasteiger partial charge in [0.2, 0.25) is 15.9 Å². The van der Waals surface area contributed by atoms with Crippen molar-refractivity contribution >= 4 is 27.0 Å². The largest absolute Gasteiger partial charge is 0.356 e. The van der Waals surface area contributed by atoms with Crippen molar-refractivity contribution in [2.75, 3.05) is 13.1 Å². The molecule has 154 valence electrons. The second kappa shape index (κ2) is 9.19. The minimum absolute atomic E-state index is 0.0632. The zero-order valence-corrected chi connectivity index (χ0v) is 17.5. The van der Waals surface area contributed by atoms with Crippen molar-refractivity contribution in [2.45, 2.75) is 38.1 Å². The standard InChI is InChI=1S/C21H26N4O3S/c1-16-8-9-17(2)20(14-16)29(27,28)24-12-10-21(26)22-11-5-13-25-15-23-18-6-3-4-7-19(18)25/h3-4,6-9,14-15,24H,5,10-13H2,1-2H3,(H,22,26). The van der Waals surface area contributed by atoms with Crippen LogP contribution in [0.25, 0.3) is 11.0 Å². The lowest BCUT2D eigenvalue weighted by Gasteiger charge is -2.10. The number of benzene rings is 2. The summed E-state index contributed by atoms with van der Waals surface area (Å²) in [7, 11) is -3.62. The Morgan fingerprint density at radius 3 is 2.72 bits per heavy atom. The van der Waals surface area contributed by atoms with Crippen molar-refractivity contribution < 1.29 is 13.2 Å². The minimum Gasteiger partial charge on any atom is -0.356 e. The summed E-state index contributed by atoms with van der Waals surface area (Å²) in [4.78, 5) is 16.6. The van der Waals surface area contributed by atoms with Crippen LogP contribution in [0, 0.1) is 13.8 Å². The average Bonchev–Trinajstić information content (AvgIpc) is 3.10. The van der Waals surface area contributed by atoms with Gasteiger partial charge in [-0.2, -0.15) is 0 Å². The summed E-state index contributed by atoms with van der Waals surface area (Å²) in [6.45, 7) is 4.94. The van der Waals surface area contributed by atoms with Gasteiger partial charge < -0.3 is 9.88 Å². The van der Waals surface area contributed by atoms with Crippen molar-refractivity contribution in [1.82, 2.24) is 19.6 Å². The second-order valence-corrected chi connectivity index (χ2v) is 8.78. The molecule has 0 saturated heterocycles. The number of hydrogen-bond donors (Lipinski definition) is 2. The van der Waals surface area contributed by atoms with Crippen LogP contribution in [0.4, 0.5) is 0 Å². The molecule has 0 aliphatic rings. The normalized spacial score (nSPS) is 11.7. The van der Waals surface area contributed by atoms with Gasteiger partial charge in [0, 0.05) is 26.1 Å². The summed E-state index contributed by atoms with van der Waals surface area (Å²) in [5, 5.41) is 2.83. The molecule has 2 aromatic carbocycles. The van der Waals surface area contributed by atoms with Gasteiger partial charge in [-0.1, -0.05) is 24.3 Å². The van der Waals surface area contributed by atoms with Crippen LogP contribution in [0.15, 0.2) is 53.7 Å². The van der Waals surface area contributed by atoms with Gasteiger partial charge in [0.15, 0.2) is 0 Å². The van der Waals surface area contributed by atoms with Gasteiger partial charge >= 0.3 is 0 Å². The second-order valence-electron chi connectivity index (χ2n) is 7.05. The molecular weight excluding hydrogens is 388 g/mol. The SMILES string of the molecule is Cc1ccc(C)c(S(=O)(=O)NCCC(=O)NCCCn2cnc3ccccc32)c1. The maximum absolute atomic E-state index is 12.4. The van der Waals surface area contributed by atoms with Crippen molar-refractivity contribution in [3.8, 4) is 0 Å². The van der Waals surface area contributed by atoms with Crippen LogP contribution in [-0.4, -0.2) is 37.0 Å². The number of nitrogens with zero attached hydrogens (tertiary/aromatic N) is 2. The molecule has 1 heterocycles. The molecule has 0 spiro atoms. The number of aromatic nitrogens is 2. The number of aryl methyl sites for hydroxylation is 3. The van der Waals surface area contributed by atoms with E-state index >= 15 is 0 Å². The van der Waals surface area contributed by atoms with Crippen LogP contribution in [0.2, 0.25) is 0 Å². The highest BCUT2D eigenvalue weighted by atomic mass is 32.2. The van der Waals surface area contributed by atoms with Gasteiger partial charge in [-0.05, 0) is 49.6 Å². The zero-order valence-electron chi connectivity index (χ0n) is 16.7. The molecule has 0 fully saturated rings. The number of fused-ring (bicyclic) bond motifs is 1. The number of amides is 1. The minimum atomic E-state index is -3.62. The van der Waals surface area contributed by atoms with E-state index in [4.69, 9.17) is 0 Å². The van der Waals surface area contributed by atoms with Gasteiger partial charge in [0.05, 0.1) is 22.3 Å². The third kappa shape index (κ3) is 5.42. The van der Waals surface area contributed by atoms with E-state index in [1.165, 1.54) is 0 Å². The Bertz CT molecular complexity index is 1110. The highest BCUT2D eigenvalue weighted by Crippen LogP contribution is 2.16. The lowest BCUT2D eigenvalue weighted by atomic mass is 10.2. The first-order valence-electron chi connectivity index (χ1n) is 9.60. The third-order valence-corrected chi connectivity index (χ3v) is 6.31. The Morgan fingerprint density at radius 2 is 1.90 bits per heavy atom. The maximum Gasteiger partial charge on any atom is 0.240 e. The molecular formula is C21H26N4O3S. The molecule has 2 N–H and O–H groups in total. The highest BCUT2D eigenvalue weighted by Gasteiger charge is 2.16. The van der Waals surface area contributed by atoms with Crippen molar-refractivity contribution in [1.29, 1.82) is 0 Å². The average molecular weight is 415 g/mol. The third-order valence-electron chi connectivity index (χ3n) is 4.70. The Morgan fingerprint density at radius 1 is 1.10 bits per heavy atom. The summed E-state index contributed by atoms with van der Waals surface area (Å²) in [6, 6.07) is 13.2. The van der Waals surface area contributed by atoms with Crippen LogP contribution < -0.4 is 10.0 Å². The van der Waals surface area contributed by atoms with E-state index in [0.29, 0.717) is 12.1 Å². The van der Waals surface area contributed by atoms with Crippen LogP contribution in [-0.2, 0) is 21.4 Å². The number of sulfonamides is 1. The smallest absolute Gasteiger partial charge is 0.240 e. The monoisotopic (exact) mass is 414 g/mol. The van der Waals surface area contributed by atoms with E-state index in [1.54, 1.807) is 25.4 Å². The summed E-state index contributed by atoms with van der Waals surface area (Å²) in [5.74, 6) is -0.177. The first kappa shape index (κ1) is 21.0. The lowest BCUT2D eigenvalue weighted by Crippen LogP contribution is -2.31. The maximum atomic E-state index is 12.4. The molecule has 0 aliphatic heterocycles. The number of carbonyl (C=O) groups excluding carboxylic acids is 1. The van der Waals surface area contributed by atoms with E-state index in [2.05, 4.69) is 19.6 Å². The highest BCUT2D eigenvalue weighted by molar-refractivity contribution is 7.89. The molecule has 0 unspecified atom stereocenters. The molecule has 0 aliphatic carbocycles. The number of nitrogens with one attached hydrogen (secondary N) is 2. The number of para-hydroxylation sites is 2. The number of rotatable bonds is 9. The molecule has 7 nitrogen and oxygen atoms in total. The van der Waals surface area contributed by atoms with Gasteiger partial charge in [0.1, 0.15) is 0 Å². The fourth-order valence-electron chi connectivity index (χ4n) is 3.13. The summed E-state index contributed by atoms with van der Waals surface area (Å²) < 4.78 is 29.4. The zero-order chi connectivity index (χ0) is 20.9. The quantitative estimate of drug-likeness (QED) is 0.526. The Balaban J connectivity index is 1.40. The van der Waals surface area contributed by atoms with Gasteiger partial charge in [-0.15, -0.1) is 0 Å². The Labute approximate surface area is 171 Å². The summed E-state index contributed by atoms with van der Waals surface area (Å²) in [6.07, 6.45) is 2.66. The van der Waals surface area contributed by atoms with Crippen molar-refractivity contribution in [3.63, 3.8) is 0 Å². The lowest BCUT2D eigenvalue weighted by molar-refractivity contribution is -0.120. The van der Waals surface area contributed by atoms with E-state index in [1.807, 2.05) is 37.3 Å². The van der Waals surface area contributed by atoms with E-state index in [9.17, 15) is 13.2 Å². The molecule has 0 saturated carbocycles. The molecule has 0 bridgehead atoms. The van der Waals surface area contributed by atoms with Crippen LogP contribution >= 0.6 is 0 Å². The summed E-state index contributed by atoms with van der Waals surface area (Å²) >= 11 is 0. The van der Waals surface area contributed by atoms with E-state index in [-0.39, 0.29) is 23.8 Å². The van der Waals surface area contributed by atoms with Crippen LogP contribution in [0.5, 0.6) is 0 Å². The van der Waals surface area contributed by atoms with E-state index in [0.717, 1.165) is 29.6 Å². The van der Waals surface area contributed by atoms with Crippen molar-refractivity contribution in [2.24, 2.45) is 0 Å². The Hall–Kier alpha value is -2.71. The van der Waals surface area contributed by atoms with Gasteiger partial charge in [-0.25, -0.2) is 18.1 Å². The molecule has 29 heavy (non-hydrogen) atoms. The molecule has 1 amide bonds.